The summed E-state index contributed by atoms with van der Waals surface area (Å²) in [4.78, 5) is 40.4. The number of hydrogen-bond acceptors (Lipinski definition) is 14. The number of hydrogen-bond donors (Lipinski definition) is 2. The van der Waals surface area contributed by atoms with Crippen LogP contribution in [-0.4, -0.2) is 209 Å². The maximum absolute atomic E-state index is 13.4. The summed E-state index contributed by atoms with van der Waals surface area (Å²) in [5.41, 5.74) is 2.61. The molecule has 6 rings (SSSR count). The molecule has 4 saturated heterocycles. The SMILES string of the molecule is CC(C)(C(=O)c1ccc(N2CCN(CC(O)COCCCCCCOCC(O)CN3CCN(c4ccc(C(=O)C(C)(C)N5CCOCC5)cc4)CC3)CC2)cc1)N1CCOCC1. The molecule has 0 amide bonds. The Balaban J connectivity index is 0.745. The van der Waals surface area contributed by atoms with Gasteiger partial charge in [-0.1, -0.05) is 12.8 Å². The molecule has 14 heteroatoms. The van der Waals surface area contributed by atoms with Gasteiger partial charge in [0.25, 0.3) is 0 Å². The smallest absolute Gasteiger partial charge is 0.182 e. The number of anilines is 2. The number of aliphatic hydroxyl groups is 2. The molecular formula is C48H76N6O8. The van der Waals surface area contributed by atoms with Crippen molar-refractivity contribution >= 4 is 22.9 Å². The van der Waals surface area contributed by atoms with E-state index in [1.807, 2.05) is 52.0 Å². The lowest BCUT2D eigenvalue weighted by atomic mass is 9.90. The van der Waals surface area contributed by atoms with E-state index < -0.39 is 23.3 Å². The quantitative estimate of drug-likeness (QED) is 0.125. The van der Waals surface area contributed by atoms with Crippen molar-refractivity contribution in [2.45, 2.75) is 76.7 Å². The number of ether oxygens (including phenoxy) is 4. The Kier molecular flexibility index (Phi) is 18.6. The Morgan fingerprint density at radius 1 is 0.532 bits per heavy atom. The average Bonchev–Trinajstić information content (AvgIpc) is 3.30. The summed E-state index contributed by atoms with van der Waals surface area (Å²) in [5.74, 6) is 0.284. The topological polar surface area (TPSA) is 131 Å². The van der Waals surface area contributed by atoms with Crippen LogP contribution in [0.2, 0.25) is 0 Å². The van der Waals surface area contributed by atoms with Gasteiger partial charge < -0.3 is 39.0 Å². The summed E-state index contributed by atoms with van der Waals surface area (Å²) in [6.07, 6.45) is 2.95. The molecule has 4 aliphatic heterocycles. The number of ketones is 2. The van der Waals surface area contributed by atoms with Crippen molar-refractivity contribution in [2.75, 3.05) is 154 Å². The van der Waals surface area contributed by atoms with Gasteiger partial charge in [0.1, 0.15) is 0 Å². The second-order valence-electron chi connectivity index (χ2n) is 18.5. The van der Waals surface area contributed by atoms with E-state index in [2.05, 4.69) is 53.7 Å². The van der Waals surface area contributed by atoms with Crippen molar-refractivity contribution < 1.29 is 38.7 Å². The summed E-state index contributed by atoms with van der Waals surface area (Å²) in [7, 11) is 0. The van der Waals surface area contributed by atoms with E-state index in [0.29, 0.717) is 65.9 Å². The van der Waals surface area contributed by atoms with Gasteiger partial charge in [0.2, 0.25) is 0 Å². The highest BCUT2D eigenvalue weighted by molar-refractivity contribution is 6.03. The monoisotopic (exact) mass is 865 g/mol. The first kappa shape index (κ1) is 48.4. The fourth-order valence-electron chi connectivity index (χ4n) is 9.16. The summed E-state index contributed by atoms with van der Waals surface area (Å²) in [5, 5.41) is 21.3. The fraction of sp³-hybridized carbons (Fsp3) is 0.708. The standard InChI is InChI=1S/C48H76N6O8/c1-47(2,53-25-31-59-32-26-53)45(57)39-9-13-41(14-10-39)51-21-17-49(18-22-51)35-43(55)37-61-29-7-5-6-8-30-62-38-44(56)36-50-19-23-52(24-20-50)42-15-11-40(12-16-42)46(58)48(3,4)54-27-33-60-34-28-54/h9-16,43-44,55-56H,5-8,17-38H2,1-4H3. The average molecular weight is 865 g/mol. The van der Waals surface area contributed by atoms with Crippen LogP contribution >= 0.6 is 0 Å². The molecule has 0 aromatic heterocycles. The molecule has 2 aromatic rings. The molecule has 2 N–H and O–H groups in total. The highest BCUT2D eigenvalue weighted by Crippen LogP contribution is 2.26. The highest BCUT2D eigenvalue weighted by atomic mass is 16.5. The van der Waals surface area contributed by atoms with Gasteiger partial charge >= 0.3 is 0 Å². The third-order valence-corrected chi connectivity index (χ3v) is 13.3. The zero-order valence-corrected chi connectivity index (χ0v) is 38.2. The van der Waals surface area contributed by atoms with E-state index in [1.54, 1.807) is 0 Å². The van der Waals surface area contributed by atoms with Gasteiger partial charge in [-0.25, -0.2) is 0 Å². The van der Waals surface area contributed by atoms with Gasteiger partial charge in [-0.15, -0.1) is 0 Å². The molecule has 4 heterocycles. The van der Waals surface area contributed by atoms with E-state index in [0.717, 1.165) is 127 Å². The number of morpholine rings is 2. The van der Waals surface area contributed by atoms with Crippen LogP contribution in [-0.2, 0) is 18.9 Å². The lowest BCUT2D eigenvalue weighted by molar-refractivity contribution is -0.00442. The van der Waals surface area contributed by atoms with Gasteiger partial charge in [-0.05, 0) is 89.1 Å². The van der Waals surface area contributed by atoms with Crippen molar-refractivity contribution in [3.63, 3.8) is 0 Å². The lowest BCUT2D eigenvalue weighted by Gasteiger charge is -2.39. The molecule has 4 aliphatic rings. The van der Waals surface area contributed by atoms with Gasteiger partial charge in [0.15, 0.2) is 11.6 Å². The molecule has 0 aliphatic carbocycles. The van der Waals surface area contributed by atoms with Crippen molar-refractivity contribution in [2.24, 2.45) is 0 Å². The molecule has 0 radical (unpaired) electrons. The Hall–Kier alpha value is -3.02. The minimum atomic E-state index is -0.561. The first-order valence-corrected chi connectivity index (χ1v) is 23.3. The molecule has 14 nitrogen and oxygen atoms in total. The first-order chi connectivity index (χ1) is 29.9. The van der Waals surface area contributed by atoms with Crippen LogP contribution in [0.3, 0.4) is 0 Å². The van der Waals surface area contributed by atoms with E-state index >= 15 is 0 Å². The molecule has 2 unspecified atom stereocenters. The maximum atomic E-state index is 13.4. The van der Waals surface area contributed by atoms with Crippen molar-refractivity contribution in [1.29, 1.82) is 0 Å². The first-order valence-electron chi connectivity index (χ1n) is 23.3. The normalized spacial score (nSPS) is 20.4. The molecular weight excluding hydrogens is 789 g/mol. The minimum Gasteiger partial charge on any atom is -0.389 e. The maximum Gasteiger partial charge on any atom is 0.182 e. The molecule has 62 heavy (non-hydrogen) atoms. The minimum absolute atomic E-state index is 0.142. The number of carbonyl (C=O) groups is 2. The summed E-state index contributed by atoms with van der Waals surface area (Å²) in [6.45, 7) is 23.9. The second kappa shape index (κ2) is 23.8. The third-order valence-electron chi connectivity index (χ3n) is 13.3. The van der Waals surface area contributed by atoms with Gasteiger partial charge in [0.05, 0.1) is 62.9 Å². The number of benzene rings is 2. The van der Waals surface area contributed by atoms with Gasteiger partial charge in [-0.2, -0.15) is 0 Å². The Bertz CT molecular complexity index is 1510. The van der Waals surface area contributed by atoms with Crippen LogP contribution in [0.1, 0.15) is 74.1 Å². The summed E-state index contributed by atoms with van der Waals surface area (Å²) >= 11 is 0. The number of rotatable bonds is 23. The van der Waals surface area contributed by atoms with Gasteiger partial charge in [-0.3, -0.25) is 29.2 Å². The van der Waals surface area contributed by atoms with Crippen LogP contribution in [0.5, 0.6) is 0 Å². The van der Waals surface area contributed by atoms with E-state index in [1.165, 1.54) is 0 Å². The number of Topliss-reactive ketones (excluding diaryl/α,β-unsaturated/α-hetero) is 2. The number of carbonyl (C=O) groups excluding carboxylic acids is 2. The van der Waals surface area contributed by atoms with Crippen molar-refractivity contribution in [3.8, 4) is 0 Å². The molecule has 0 spiro atoms. The number of unbranched alkanes of at least 4 members (excludes halogenated alkanes) is 3. The highest BCUT2D eigenvalue weighted by Gasteiger charge is 2.37. The molecule has 0 saturated carbocycles. The number of piperazine rings is 2. The van der Waals surface area contributed by atoms with E-state index in [-0.39, 0.29) is 11.6 Å². The molecule has 0 bridgehead atoms. The van der Waals surface area contributed by atoms with Crippen molar-refractivity contribution in [3.05, 3.63) is 59.7 Å². The largest absolute Gasteiger partial charge is 0.389 e. The second-order valence-corrected chi connectivity index (χ2v) is 18.5. The number of aliphatic hydroxyl groups excluding tert-OH is 2. The van der Waals surface area contributed by atoms with Crippen LogP contribution in [0, 0.1) is 0 Å². The van der Waals surface area contributed by atoms with Crippen LogP contribution in [0.25, 0.3) is 0 Å². The predicted octanol–water partition coefficient (Wildman–Crippen LogP) is 3.53. The fourth-order valence-corrected chi connectivity index (χ4v) is 9.16. The zero-order chi connectivity index (χ0) is 44.0. The lowest BCUT2D eigenvalue weighted by Crippen LogP contribution is -2.54. The zero-order valence-electron chi connectivity index (χ0n) is 38.2. The molecule has 2 atom stereocenters. The predicted molar refractivity (Wildman–Crippen MR) is 244 cm³/mol. The molecule has 2 aromatic carbocycles. The van der Waals surface area contributed by atoms with Crippen LogP contribution in [0.15, 0.2) is 48.5 Å². The third kappa shape index (κ3) is 13.7. The van der Waals surface area contributed by atoms with Crippen LogP contribution < -0.4 is 9.80 Å². The molecule has 4 fully saturated rings. The van der Waals surface area contributed by atoms with Gasteiger partial charge in [0, 0.05) is 127 Å². The molecule has 346 valence electrons. The number of β-amino-alcohol motifs (C(OH)–C–C–N with tert-alkyl or cyclic N) is 2. The summed E-state index contributed by atoms with van der Waals surface area (Å²) < 4.78 is 22.6. The van der Waals surface area contributed by atoms with E-state index in [9.17, 15) is 19.8 Å². The Morgan fingerprint density at radius 3 is 1.21 bits per heavy atom. The van der Waals surface area contributed by atoms with Crippen LogP contribution in [0.4, 0.5) is 11.4 Å². The Morgan fingerprint density at radius 2 is 0.871 bits per heavy atom. The Labute approximate surface area is 371 Å². The number of nitrogens with zero attached hydrogens (tertiary/aromatic N) is 6. The van der Waals surface area contributed by atoms with Crippen molar-refractivity contribution in [1.82, 2.24) is 19.6 Å². The van der Waals surface area contributed by atoms with E-state index in [4.69, 9.17) is 18.9 Å². The summed E-state index contributed by atoms with van der Waals surface area (Å²) in [6, 6.07) is 16.1.